The van der Waals surface area contributed by atoms with Gasteiger partial charge in [-0.3, -0.25) is 14.2 Å². The van der Waals surface area contributed by atoms with E-state index in [4.69, 9.17) is 4.74 Å². The van der Waals surface area contributed by atoms with Gasteiger partial charge in [0.05, 0.1) is 28.7 Å². The van der Waals surface area contributed by atoms with E-state index in [0.717, 1.165) is 5.56 Å². The standard InChI is InChI=1S/C25H21BrN4O4/c1-15(24(32)29-27-14-16-12-19(26)22(31)21(13-16)34-2)30-23(17-8-4-3-5-9-17)28-20-11-7-6-10-18(20)25(30)33/h3-15,31H,1-2H3,(H,29,32)/b27-14+/t15-/m1/s1. The number of phenols is 1. The van der Waals surface area contributed by atoms with Crippen LogP contribution in [0, 0.1) is 0 Å². The first-order valence-electron chi connectivity index (χ1n) is 10.4. The van der Waals surface area contributed by atoms with Crippen molar-refractivity contribution in [3.05, 3.63) is 87.1 Å². The molecule has 0 fully saturated rings. The topological polar surface area (TPSA) is 106 Å². The van der Waals surface area contributed by atoms with Gasteiger partial charge in [-0.2, -0.15) is 5.10 Å². The molecule has 1 amide bonds. The number of carbonyl (C=O) groups excluding carboxylic acids is 1. The normalized spacial score (nSPS) is 12.1. The quantitative estimate of drug-likeness (QED) is 0.292. The Hall–Kier alpha value is -3.98. The summed E-state index contributed by atoms with van der Waals surface area (Å²) in [6, 6.07) is 18.6. The molecule has 0 aliphatic heterocycles. The van der Waals surface area contributed by atoms with Gasteiger partial charge in [-0.15, -0.1) is 0 Å². The van der Waals surface area contributed by atoms with Crippen LogP contribution in [0.3, 0.4) is 0 Å². The lowest BCUT2D eigenvalue weighted by Crippen LogP contribution is -2.35. The van der Waals surface area contributed by atoms with Crippen LogP contribution in [-0.4, -0.2) is 33.9 Å². The molecule has 0 aliphatic rings. The molecule has 1 heterocycles. The van der Waals surface area contributed by atoms with Gasteiger partial charge in [0.25, 0.3) is 11.5 Å². The summed E-state index contributed by atoms with van der Waals surface area (Å²) in [7, 11) is 1.44. The third-order valence-corrected chi connectivity index (χ3v) is 5.87. The first-order valence-corrected chi connectivity index (χ1v) is 11.2. The maximum absolute atomic E-state index is 13.4. The molecule has 3 aromatic carbocycles. The fourth-order valence-electron chi connectivity index (χ4n) is 3.50. The van der Waals surface area contributed by atoms with E-state index < -0.39 is 11.9 Å². The molecule has 0 unspecified atom stereocenters. The number of methoxy groups -OCH3 is 1. The van der Waals surface area contributed by atoms with Crippen LogP contribution in [0.4, 0.5) is 0 Å². The fourth-order valence-corrected chi connectivity index (χ4v) is 3.96. The fraction of sp³-hybridized carbons (Fsp3) is 0.120. The van der Waals surface area contributed by atoms with E-state index in [1.807, 2.05) is 36.4 Å². The lowest BCUT2D eigenvalue weighted by Gasteiger charge is -2.18. The molecular formula is C25H21BrN4O4. The molecule has 8 nitrogen and oxygen atoms in total. The van der Waals surface area contributed by atoms with Gasteiger partial charge >= 0.3 is 0 Å². The molecule has 172 valence electrons. The van der Waals surface area contributed by atoms with Crippen LogP contribution < -0.4 is 15.7 Å². The summed E-state index contributed by atoms with van der Waals surface area (Å²) in [6.07, 6.45) is 1.41. The highest BCUT2D eigenvalue weighted by Crippen LogP contribution is 2.34. The zero-order valence-corrected chi connectivity index (χ0v) is 20.0. The minimum atomic E-state index is -0.891. The predicted molar refractivity (Wildman–Crippen MR) is 134 cm³/mol. The van der Waals surface area contributed by atoms with Crippen LogP contribution in [0.25, 0.3) is 22.3 Å². The van der Waals surface area contributed by atoms with Crippen molar-refractivity contribution < 1.29 is 14.6 Å². The second kappa shape index (κ2) is 9.88. The van der Waals surface area contributed by atoms with Crippen molar-refractivity contribution >= 4 is 39.0 Å². The monoisotopic (exact) mass is 520 g/mol. The van der Waals surface area contributed by atoms with Crippen molar-refractivity contribution in [1.82, 2.24) is 15.0 Å². The van der Waals surface area contributed by atoms with E-state index in [0.29, 0.717) is 26.8 Å². The number of hydrazone groups is 1. The van der Waals surface area contributed by atoms with Crippen molar-refractivity contribution in [2.24, 2.45) is 5.10 Å². The molecule has 1 aromatic heterocycles. The Balaban J connectivity index is 1.67. The van der Waals surface area contributed by atoms with Gasteiger partial charge in [-0.1, -0.05) is 42.5 Å². The lowest BCUT2D eigenvalue weighted by atomic mass is 10.1. The molecule has 4 rings (SSSR count). The Morgan fingerprint density at radius 2 is 1.88 bits per heavy atom. The van der Waals surface area contributed by atoms with Crippen LogP contribution >= 0.6 is 15.9 Å². The predicted octanol–water partition coefficient (Wildman–Crippen LogP) is 4.25. The van der Waals surface area contributed by atoms with Gasteiger partial charge in [0, 0.05) is 5.56 Å². The van der Waals surface area contributed by atoms with E-state index in [2.05, 4.69) is 31.4 Å². The average molecular weight is 521 g/mol. The third kappa shape index (κ3) is 4.55. The van der Waals surface area contributed by atoms with Gasteiger partial charge < -0.3 is 9.84 Å². The van der Waals surface area contributed by atoms with Crippen molar-refractivity contribution in [3.8, 4) is 22.9 Å². The molecular weight excluding hydrogens is 500 g/mol. The zero-order valence-electron chi connectivity index (χ0n) is 18.4. The minimum absolute atomic E-state index is 0.0334. The van der Waals surface area contributed by atoms with Crippen LogP contribution in [0.15, 0.2) is 81.1 Å². The number of hydrogen-bond donors (Lipinski definition) is 2. The van der Waals surface area contributed by atoms with E-state index in [1.165, 1.54) is 17.9 Å². The first kappa shape index (κ1) is 23.2. The zero-order chi connectivity index (χ0) is 24.2. The number of phenolic OH excluding ortho intramolecular Hbond substituents is 1. The summed E-state index contributed by atoms with van der Waals surface area (Å²) >= 11 is 3.25. The minimum Gasteiger partial charge on any atom is -0.503 e. The van der Waals surface area contributed by atoms with Crippen molar-refractivity contribution in [2.45, 2.75) is 13.0 Å². The highest BCUT2D eigenvalue weighted by Gasteiger charge is 2.22. The third-order valence-electron chi connectivity index (χ3n) is 5.27. The van der Waals surface area contributed by atoms with Gasteiger partial charge in [-0.05, 0) is 52.7 Å². The second-order valence-corrected chi connectivity index (χ2v) is 8.31. The van der Waals surface area contributed by atoms with Crippen molar-refractivity contribution in [3.63, 3.8) is 0 Å². The Bertz CT molecular complexity index is 1450. The number of fused-ring (bicyclic) bond motifs is 1. The summed E-state index contributed by atoms with van der Waals surface area (Å²) < 4.78 is 6.92. The van der Waals surface area contributed by atoms with E-state index in [1.54, 1.807) is 37.3 Å². The molecule has 0 saturated carbocycles. The van der Waals surface area contributed by atoms with Crippen LogP contribution in [-0.2, 0) is 4.79 Å². The lowest BCUT2D eigenvalue weighted by molar-refractivity contribution is -0.123. The number of hydrogen-bond acceptors (Lipinski definition) is 6. The Labute approximate surface area is 203 Å². The summed E-state index contributed by atoms with van der Waals surface area (Å²) in [5.74, 6) is 0.131. The second-order valence-electron chi connectivity index (χ2n) is 7.46. The maximum Gasteiger partial charge on any atom is 0.263 e. The first-order chi connectivity index (χ1) is 16.4. The number of benzene rings is 3. The number of aromatic hydroxyl groups is 1. The van der Waals surface area contributed by atoms with E-state index in [-0.39, 0.29) is 17.1 Å². The SMILES string of the molecule is COc1cc(/C=N/NC(=O)[C@@H](C)n2c(-c3ccccc3)nc3ccccc3c2=O)cc(Br)c1O. The highest BCUT2D eigenvalue weighted by molar-refractivity contribution is 9.10. The van der Waals surface area contributed by atoms with E-state index in [9.17, 15) is 14.7 Å². The summed E-state index contributed by atoms with van der Waals surface area (Å²) in [5.41, 5.74) is 4.02. The Morgan fingerprint density at radius 3 is 2.62 bits per heavy atom. The van der Waals surface area contributed by atoms with Crippen LogP contribution in [0.2, 0.25) is 0 Å². The average Bonchev–Trinajstić information content (AvgIpc) is 2.86. The molecule has 34 heavy (non-hydrogen) atoms. The Kier molecular flexibility index (Phi) is 6.74. The Morgan fingerprint density at radius 1 is 1.18 bits per heavy atom. The molecule has 0 spiro atoms. The molecule has 0 bridgehead atoms. The molecule has 2 N–H and O–H groups in total. The van der Waals surface area contributed by atoms with Crippen molar-refractivity contribution in [2.75, 3.05) is 7.11 Å². The highest BCUT2D eigenvalue weighted by atomic mass is 79.9. The van der Waals surface area contributed by atoms with Crippen molar-refractivity contribution in [1.29, 1.82) is 0 Å². The van der Waals surface area contributed by atoms with Gasteiger partial charge in [0.15, 0.2) is 11.5 Å². The number of para-hydroxylation sites is 1. The molecule has 0 radical (unpaired) electrons. The number of carbonyl (C=O) groups is 1. The molecule has 0 saturated heterocycles. The van der Waals surface area contributed by atoms with Gasteiger partial charge in [-0.25, -0.2) is 10.4 Å². The largest absolute Gasteiger partial charge is 0.503 e. The van der Waals surface area contributed by atoms with Gasteiger partial charge in [0.1, 0.15) is 11.9 Å². The molecule has 4 aromatic rings. The molecule has 1 atom stereocenters. The summed E-state index contributed by atoms with van der Waals surface area (Å²) in [5, 5.41) is 14.4. The van der Waals surface area contributed by atoms with Gasteiger partial charge in [0.2, 0.25) is 0 Å². The number of ether oxygens (including phenoxy) is 1. The molecule has 0 aliphatic carbocycles. The smallest absolute Gasteiger partial charge is 0.263 e. The van der Waals surface area contributed by atoms with E-state index >= 15 is 0 Å². The number of nitrogens with zero attached hydrogens (tertiary/aromatic N) is 3. The summed E-state index contributed by atoms with van der Waals surface area (Å²) in [6.45, 7) is 1.62. The summed E-state index contributed by atoms with van der Waals surface area (Å²) in [4.78, 5) is 31.0. The maximum atomic E-state index is 13.4. The number of halogens is 1. The van der Waals surface area contributed by atoms with Crippen LogP contribution in [0.5, 0.6) is 11.5 Å². The number of aromatic nitrogens is 2. The van der Waals surface area contributed by atoms with Crippen LogP contribution in [0.1, 0.15) is 18.5 Å². The molecule has 9 heteroatoms. The number of nitrogens with one attached hydrogen (secondary N) is 1. The number of amides is 1. The number of rotatable bonds is 6.